The first kappa shape index (κ1) is 19.1. The number of ether oxygens (including phenoxy) is 1. The molecule has 0 saturated carbocycles. The number of nitrogens with one attached hydrogen (secondary N) is 1. The highest BCUT2D eigenvalue weighted by molar-refractivity contribution is 5.78. The summed E-state index contributed by atoms with van der Waals surface area (Å²) in [7, 11) is 0. The molecular formula is C17H24F2N2O2. The quantitative estimate of drug-likeness (QED) is 0.672. The van der Waals surface area contributed by atoms with Crippen LogP contribution in [0.1, 0.15) is 19.4 Å². The van der Waals surface area contributed by atoms with E-state index in [0.29, 0.717) is 26.1 Å². The molecule has 23 heavy (non-hydrogen) atoms. The van der Waals surface area contributed by atoms with Gasteiger partial charge in [-0.05, 0) is 37.6 Å². The number of amides is 1. The minimum absolute atomic E-state index is 0.0363. The minimum Gasteiger partial charge on any atom is -0.435 e. The summed E-state index contributed by atoms with van der Waals surface area (Å²) in [5, 5.41) is 2.85. The van der Waals surface area contributed by atoms with Crippen LogP contribution in [0.15, 0.2) is 36.4 Å². The maximum absolute atomic E-state index is 12.0. The number of carbonyl (C=O) groups is 1. The van der Waals surface area contributed by atoms with Gasteiger partial charge >= 0.3 is 6.61 Å². The van der Waals surface area contributed by atoms with E-state index in [-0.39, 0.29) is 11.7 Å². The predicted molar refractivity (Wildman–Crippen MR) is 86.7 cm³/mol. The van der Waals surface area contributed by atoms with Crippen LogP contribution in [0.2, 0.25) is 0 Å². The molecule has 0 aromatic heterocycles. The van der Waals surface area contributed by atoms with Gasteiger partial charge in [-0.1, -0.05) is 31.2 Å². The van der Waals surface area contributed by atoms with Crippen molar-refractivity contribution < 1.29 is 18.3 Å². The van der Waals surface area contributed by atoms with Gasteiger partial charge in [0.1, 0.15) is 5.75 Å². The number of nitrogens with zero attached hydrogens (tertiary/aromatic N) is 1. The smallest absolute Gasteiger partial charge is 0.387 e. The summed E-state index contributed by atoms with van der Waals surface area (Å²) in [5.41, 5.74) is 1.96. The van der Waals surface area contributed by atoms with Crippen molar-refractivity contribution in [2.24, 2.45) is 0 Å². The number of benzene rings is 1. The number of carbonyl (C=O) groups excluding carboxylic acids is 1. The molecule has 0 heterocycles. The molecule has 4 nitrogen and oxygen atoms in total. The van der Waals surface area contributed by atoms with E-state index in [2.05, 4.69) is 16.6 Å². The summed E-state index contributed by atoms with van der Waals surface area (Å²) in [6.07, 6.45) is 0.632. The number of likely N-dealkylation sites (N-methyl/N-ethyl adjacent to an activating group) is 1. The molecule has 0 saturated heterocycles. The summed E-state index contributed by atoms with van der Waals surface area (Å²) in [6.45, 7) is 7.28. The fraction of sp³-hybridized carbons (Fsp3) is 0.471. The molecule has 1 amide bonds. The van der Waals surface area contributed by atoms with Crippen molar-refractivity contribution in [3.8, 4) is 5.75 Å². The highest BCUT2D eigenvalue weighted by atomic mass is 19.3. The molecule has 128 valence electrons. The van der Waals surface area contributed by atoms with E-state index >= 15 is 0 Å². The lowest BCUT2D eigenvalue weighted by Crippen LogP contribution is -2.38. The lowest BCUT2D eigenvalue weighted by atomic mass is 10.1. The number of halogens is 2. The topological polar surface area (TPSA) is 41.6 Å². The molecule has 0 atom stereocenters. The minimum atomic E-state index is -2.82. The van der Waals surface area contributed by atoms with Crippen LogP contribution in [0.4, 0.5) is 8.78 Å². The average Bonchev–Trinajstić information content (AvgIpc) is 2.47. The fourth-order valence-corrected chi connectivity index (χ4v) is 2.10. The van der Waals surface area contributed by atoms with Gasteiger partial charge in [-0.25, -0.2) is 0 Å². The molecule has 0 fully saturated rings. The zero-order chi connectivity index (χ0) is 17.2. The Kier molecular flexibility index (Phi) is 8.26. The third-order valence-corrected chi connectivity index (χ3v) is 3.19. The molecule has 1 rings (SSSR count). The second kappa shape index (κ2) is 9.94. The van der Waals surface area contributed by atoms with Gasteiger partial charge in [-0.2, -0.15) is 8.78 Å². The van der Waals surface area contributed by atoms with Gasteiger partial charge in [0, 0.05) is 13.1 Å². The molecule has 0 aliphatic heterocycles. The molecule has 1 aromatic carbocycles. The molecule has 6 heteroatoms. The standard InChI is InChI=1S/C17H24F2N2O2/c1-4-21(11-13(2)3)12-16(22)20-10-9-14-5-7-15(8-6-14)23-17(18)19/h5-8,17H,2,4,9-12H2,1,3H3,(H,20,22). The first-order valence-electron chi connectivity index (χ1n) is 7.58. The first-order chi connectivity index (χ1) is 10.9. The molecule has 0 unspecified atom stereocenters. The van der Waals surface area contributed by atoms with Crippen molar-refractivity contribution in [3.05, 3.63) is 42.0 Å². The van der Waals surface area contributed by atoms with Gasteiger partial charge in [0.25, 0.3) is 0 Å². The van der Waals surface area contributed by atoms with Crippen LogP contribution >= 0.6 is 0 Å². The highest BCUT2D eigenvalue weighted by Crippen LogP contribution is 2.14. The number of hydrogen-bond acceptors (Lipinski definition) is 3. The van der Waals surface area contributed by atoms with Crippen LogP contribution in [0, 0.1) is 0 Å². The predicted octanol–water partition coefficient (Wildman–Crippen LogP) is 2.84. The van der Waals surface area contributed by atoms with Crippen molar-refractivity contribution in [3.63, 3.8) is 0 Å². The lowest BCUT2D eigenvalue weighted by Gasteiger charge is -2.19. The molecule has 1 aromatic rings. The van der Waals surface area contributed by atoms with Gasteiger partial charge in [-0.3, -0.25) is 9.69 Å². The maximum Gasteiger partial charge on any atom is 0.387 e. The Bertz CT molecular complexity index is 504. The summed E-state index contributed by atoms with van der Waals surface area (Å²) in [6, 6.07) is 6.41. The molecule has 0 radical (unpaired) electrons. The third-order valence-electron chi connectivity index (χ3n) is 3.19. The van der Waals surface area contributed by atoms with Crippen molar-refractivity contribution in [2.75, 3.05) is 26.2 Å². The summed E-state index contributed by atoms with van der Waals surface area (Å²) in [5.74, 6) is 0.0944. The summed E-state index contributed by atoms with van der Waals surface area (Å²) >= 11 is 0. The van der Waals surface area contributed by atoms with Gasteiger partial charge < -0.3 is 10.1 Å². The Labute approximate surface area is 136 Å². The van der Waals surface area contributed by atoms with Gasteiger partial charge in [-0.15, -0.1) is 0 Å². The average molecular weight is 326 g/mol. The monoisotopic (exact) mass is 326 g/mol. The Morgan fingerprint density at radius 3 is 2.48 bits per heavy atom. The van der Waals surface area contributed by atoms with Gasteiger partial charge in [0.2, 0.25) is 5.91 Å². The molecule has 0 spiro atoms. The van der Waals surface area contributed by atoms with E-state index in [0.717, 1.165) is 17.7 Å². The zero-order valence-corrected chi connectivity index (χ0v) is 13.6. The van der Waals surface area contributed by atoms with Crippen molar-refractivity contribution in [1.29, 1.82) is 0 Å². The zero-order valence-electron chi connectivity index (χ0n) is 13.6. The fourth-order valence-electron chi connectivity index (χ4n) is 2.10. The largest absolute Gasteiger partial charge is 0.435 e. The van der Waals surface area contributed by atoms with Crippen molar-refractivity contribution in [1.82, 2.24) is 10.2 Å². The van der Waals surface area contributed by atoms with E-state index in [1.165, 1.54) is 12.1 Å². The Morgan fingerprint density at radius 1 is 1.30 bits per heavy atom. The Morgan fingerprint density at radius 2 is 1.96 bits per heavy atom. The number of rotatable bonds is 10. The molecule has 0 aliphatic carbocycles. The maximum atomic E-state index is 12.0. The number of alkyl halides is 2. The summed E-state index contributed by atoms with van der Waals surface area (Å²) in [4.78, 5) is 13.9. The van der Waals surface area contributed by atoms with Crippen LogP contribution in [-0.2, 0) is 11.2 Å². The SMILES string of the molecule is C=C(C)CN(CC)CC(=O)NCCc1ccc(OC(F)F)cc1. The summed E-state index contributed by atoms with van der Waals surface area (Å²) < 4.78 is 28.4. The Balaban J connectivity index is 2.32. The lowest BCUT2D eigenvalue weighted by molar-refractivity contribution is -0.122. The number of hydrogen-bond donors (Lipinski definition) is 1. The van der Waals surface area contributed by atoms with Gasteiger partial charge in [0.15, 0.2) is 0 Å². The van der Waals surface area contributed by atoms with Crippen molar-refractivity contribution >= 4 is 5.91 Å². The molecule has 0 aliphatic rings. The van der Waals surface area contributed by atoms with E-state index in [9.17, 15) is 13.6 Å². The van der Waals surface area contributed by atoms with E-state index < -0.39 is 6.61 Å². The third kappa shape index (κ3) is 8.30. The molecule has 0 bridgehead atoms. The van der Waals surface area contributed by atoms with E-state index in [1.54, 1.807) is 12.1 Å². The highest BCUT2D eigenvalue weighted by Gasteiger charge is 2.08. The van der Waals surface area contributed by atoms with Crippen LogP contribution in [-0.4, -0.2) is 43.6 Å². The van der Waals surface area contributed by atoms with Gasteiger partial charge in [0.05, 0.1) is 6.54 Å². The van der Waals surface area contributed by atoms with Crippen LogP contribution in [0.3, 0.4) is 0 Å². The van der Waals surface area contributed by atoms with Crippen LogP contribution < -0.4 is 10.1 Å². The Hall–Kier alpha value is -1.95. The van der Waals surface area contributed by atoms with E-state index in [4.69, 9.17) is 0 Å². The van der Waals surface area contributed by atoms with Crippen LogP contribution in [0.25, 0.3) is 0 Å². The first-order valence-corrected chi connectivity index (χ1v) is 7.58. The molecule has 1 N–H and O–H groups in total. The normalized spacial score (nSPS) is 10.9. The second-order valence-corrected chi connectivity index (χ2v) is 5.38. The van der Waals surface area contributed by atoms with Crippen LogP contribution in [0.5, 0.6) is 5.75 Å². The molecular weight excluding hydrogens is 302 g/mol. The van der Waals surface area contributed by atoms with Crippen molar-refractivity contribution in [2.45, 2.75) is 26.9 Å². The van der Waals surface area contributed by atoms with E-state index in [1.807, 2.05) is 18.7 Å². The second-order valence-electron chi connectivity index (χ2n) is 5.38.